The molecule has 2 heterocycles. The molecule has 3 aromatic rings. The maximum atomic E-state index is 12.8. The van der Waals surface area contributed by atoms with Crippen LogP contribution in [0.1, 0.15) is 5.56 Å². The van der Waals surface area contributed by atoms with E-state index < -0.39 is 10.0 Å². The number of anilines is 3. The van der Waals surface area contributed by atoms with E-state index in [1.165, 1.54) is 24.3 Å². The van der Waals surface area contributed by atoms with E-state index in [1.807, 2.05) is 36.4 Å². The molecule has 0 spiro atoms. The number of hydrogen-bond acceptors (Lipinski definition) is 6. The molecule has 4 rings (SSSR count). The monoisotopic (exact) mass is 419 g/mol. The number of nitrogens with one attached hydrogen (secondary N) is 1. The Hall–Kier alpha value is -3.57. The van der Waals surface area contributed by atoms with Crippen LogP contribution in [0.3, 0.4) is 0 Å². The third kappa shape index (κ3) is 4.21. The molecule has 0 radical (unpaired) electrons. The number of aromatic nitrogens is 1. The highest BCUT2D eigenvalue weighted by Gasteiger charge is 2.22. The largest absolute Gasteiger partial charge is 0.368 e. The lowest BCUT2D eigenvalue weighted by Crippen LogP contribution is -2.46. The van der Waals surface area contributed by atoms with Gasteiger partial charge in [0.1, 0.15) is 0 Å². The molecule has 152 valence electrons. The third-order valence-electron chi connectivity index (χ3n) is 5.09. The minimum absolute atomic E-state index is 0.124. The van der Waals surface area contributed by atoms with E-state index >= 15 is 0 Å². The van der Waals surface area contributed by atoms with Crippen LogP contribution in [-0.4, -0.2) is 39.6 Å². The standard InChI is InChI=1S/C22H21N5O2S/c23-17-18-5-7-20(8-6-18)30(28,29)25-21-3-1-2-4-22(21)27-15-13-26(14-16-27)19-9-11-24-12-10-19/h1-12,25H,13-16H2. The third-order valence-corrected chi connectivity index (χ3v) is 6.47. The highest BCUT2D eigenvalue weighted by atomic mass is 32.2. The van der Waals surface area contributed by atoms with Gasteiger partial charge in [0, 0.05) is 44.3 Å². The molecule has 1 aliphatic rings. The van der Waals surface area contributed by atoms with Gasteiger partial charge < -0.3 is 9.80 Å². The summed E-state index contributed by atoms with van der Waals surface area (Å²) in [6.45, 7) is 3.22. The smallest absolute Gasteiger partial charge is 0.261 e. The molecule has 1 N–H and O–H groups in total. The van der Waals surface area contributed by atoms with Crippen molar-refractivity contribution in [2.24, 2.45) is 0 Å². The average molecular weight is 420 g/mol. The SMILES string of the molecule is N#Cc1ccc(S(=O)(=O)Nc2ccccc2N2CCN(c3ccncc3)CC2)cc1. The Balaban J connectivity index is 1.51. The second-order valence-electron chi connectivity index (χ2n) is 6.94. The van der Waals surface area contributed by atoms with Crippen LogP contribution >= 0.6 is 0 Å². The molecule has 0 bridgehead atoms. The average Bonchev–Trinajstić information content (AvgIpc) is 2.80. The van der Waals surface area contributed by atoms with Crippen molar-refractivity contribution in [3.05, 3.63) is 78.6 Å². The van der Waals surface area contributed by atoms with Crippen LogP contribution in [0.2, 0.25) is 0 Å². The zero-order chi connectivity index (χ0) is 21.0. The van der Waals surface area contributed by atoms with Crippen LogP contribution in [0.25, 0.3) is 0 Å². The molecule has 0 unspecified atom stereocenters. The predicted molar refractivity (Wildman–Crippen MR) is 117 cm³/mol. The summed E-state index contributed by atoms with van der Waals surface area (Å²) in [5, 5.41) is 8.91. The molecule has 0 atom stereocenters. The Morgan fingerprint density at radius 1 is 0.867 bits per heavy atom. The van der Waals surface area contributed by atoms with Crippen LogP contribution in [0.4, 0.5) is 17.1 Å². The lowest BCUT2D eigenvalue weighted by Gasteiger charge is -2.38. The molecule has 2 aromatic carbocycles. The van der Waals surface area contributed by atoms with E-state index in [4.69, 9.17) is 5.26 Å². The van der Waals surface area contributed by atoms with E-state index in [0.717, 1.165) is 37.6 Å². The van der Waals surface area contributed by atoms with Gasteiger partial charge in [-0.1, -0.05) is 12.1 Å². The molecule has 7 nitrogen and oxygen atoms in total. The minimum Gasteiger partial charge on any atom is -0.368 e. The van der Waals surface area contributed by atoms with Crippen molar-refractivity contribution in [3.63, 3.8) is 0 Å². The molecule has 1 fully saturated rings. The first-order chi connectivity index (χ1) is 14.6. The number of nitriles is 1. The Bertz CT molecular complexity index is 1150. The number of hydrogen-bond donors (Lipinski definition) is 1. The van der Waals surface area contributed by atoms with Crippen molar-refractivity contribution in [1.29, 1.82) is 5.26 Å². The van der Waals surface area contributed by atoms with Gasteiger partial charge in [0.2, 0.25) is 0 Å². The molecule has 0 aliphatic carbocycles. The molecular weight excluding hydrogens is 398 g/mol. The zero-order valence-corrected chi connectivity index (χ0v) is 17.1. The summed E-state index contributed by atoms with van der Waals surface area (Å²) in [4.78, 5) is 8.67. The minimum atomic E-state index is -3.76. The van der Waals surface area contributed by atoms with Crippen LogP contribution in [0.15, 0.2) is 78.0 Å². The first kappa shape index (κ1) is 19.7. The van der Waals surface area contributed by atoms with Crippen LogP contribution in [0, 0.1) is 11.3 Å². The van der Waals surface area contributed by atoms with Crippen LogP contribution < -0.4 is 14.5 Å². The highest BCUT2D eigenvalue weighted by molar-refractivity contribution is 7.92. The number of nitrogens with zero attached hydrogens (tertiary/aromatic N) is 4. The molecule has 1 aromatic heterocycles. The number of para-hydroxylation sites is 2. The fourth-order valence-corrected chi connectivity index (χ4v) is 4.58. The Labute approximate surface area is 176 Å². The van der Waals surface area contributed by atoms with Gasteiger partial charge in [0.25, 0.3) is 10.0 Å². The van der Waals surface area contributed by atoms with Crippen molar-refractivity contribution in [2.75, 3.05) is 40.7 Å². The van der Waals surface area contributed by atoms with Gasteiger partial charge >= 0.3 is 0 Å². The van der Waals surface area contributed by atoms with Crippen molar-refractivity contribution >= 4 is 27.1 Å². The fourth-order valence-electron chi connectivity index (χ4n) is 3.51. The topological polar surface area (TPSA) is 89.3 Å². The predicted octanol–water partition coefficient (Wildman–Crippen LogP) is 3.08. The van der Waals surface area contributed by atoms with E-state index in [0.29, 0.717) is 11.3 Å². The van der Waals surface area contributed by atoms with Gasteiger partial charge in [-0.15, -0.1) is 0 Å². The molecule has 8 heteroatoms. The quantitative estimate of drug-likeness (QED) is 0.684. The summed E-state index contributed by atoms with van der Waals surface area (Å²) in [6.07, 6.45) is 3.57. The normalized spacial score (nSPS) is 14.2. The fraction of sp³-hybridized carbons (Fsp3) is 0.182. The van der Waals surface area contributed by atoms with E-state index in [9.17, 15) is 8.42 Å². The van der Waals surface area contributed by atoms with Crippen molar-refractivity contribution in [3.8, 4) is 6.07 Å². The summed E-state index contributed by atoms with van der Waals surface area (Å²) in [5.41, 5.74) is 2.95. The molecule has 0 amide bonds. The Kier molecular flexibility index (Phi) is 5.55. The van der Waals surface area contributed by atoms with Gasteiger partial charge in [-0.2, -0.15) is 5.26 Å². The van der Waals surface area contributed by atoms with Crippen molar-refractivity contribution < 1.29 is 8.42 Å². The van der Waals surface area contributed by atoms with Gasteiger partial charge in [0.15, 0.2) is 0 Å². The first-order valence-electron chi connectivity index (χ1n) is 9.59. The van der Waals surface area contributed by atoms with Gasteiger partial charge in [-0.3, -0.25) is 9.71 Å². The van der Waals surface area contributed by atoms with Crippen LogP contribution in [-0.2, 0) is 10.0 Å². The lowest BCUT2D eigenvalue weighted by molar-refractivity contribution is 0.601. The first-order valence-corrected chi connectivity index (χ1v) is 11.1. The molecular formula is C22H21N5O2S. The van der Waals surface area contributed by atoms with Crippen molar-refractivity contribution in [2.45, 2.75) is 4.90 Å². The Morgan fingerprint density at radius 2 is 1.50 bits per heavy atom. The molecule has 1 saturated heterocycles. The summed E-state index contributed by atoms with van der Waals surface area (Å²) < 4.78 is 28.4. The van der Waals surface area contributed by atoms with Gasteiger partial charge in [-0.25, -0.2) is 8.42 Å². The number of pyridine rings is 1. The number of rotatable bonds is 5. The molecule has 30 heavy (non-hydrogen) atoms. The summed E-state index contributed by atoms with van der Waals surface area (Å²) in [6, 6.07) is 19.3. The van der Waals surface area contributed by atoms with E-state index in [2.05, 4.69) is 19.5 Å². The number of sulfonamides is 1. The lowest BCUT2D eigenvalue weighted by atomic mass is 10.2. The van der Waals surface area contributed by atoms with Gasteiger partial charge in [0.05, 0.1) is 27.9 Å². The maximum absolute atomic E-state index is 12.8. The zero-order valence-electron chi connectivity index (χ0n) is 16.3. The highest BCUT2D eigenvalue weighted by Crippen LogP contribution is 2.29. The second kappa shape index (κ2) is 8.43. The van der Waals surface area contributed by atoms with Crippen molar-refractivity contribution in [1.82, 2.24) is 4.98 Å². The number of benzene rings is 2. The number of piperazine rings is 1. The summed E-state index contributed by atoms with van der Waals surface area (Å²) >= 11 is 0. The van der Waals surface area contributed by atoms with E-state index in [-0.39, 0.29) is 4.90 Å². The summed E-state index contributed by atoms with van der Waals surface area (Å²) in [7, 11) is -3.76. The van der Waals surface area contributed by atoms with E-state index in [1.54, 1.807) is 18.5 Å². The second-order valence-corrected chi connectivity index (χ2v) is 8.62. The molecule has 0 saturated carbocycles. The Morgan fingerprint density at radius 3 is 2.17 bits per heavy atom. The van der Waals surface area contributed by atoms with Crippen LogP contribution in [0.5, 0.6) is 0 Å². The van der Waals surface area contributed by atoms with Gasteiger partial charge in [-0.05, 0) is 48.5 Å². The summed E-state index contributed by atoms with van der Waals surface area (Å²) in [5.74, 6) is 0. The molecule has 1 aliphatic heterocycles. The maximum Gasteiger partial charge on any atom is 0.261 e.